The van der Waals surface area contributed by atoms with Gasteiger partial charge in [-0.15, -0.1) is 0 Å². The van der Waals surface area contributed by atoms with Crippen LogP contribution < -0.4 is 21.1 Å². The Morgan fingerprint density at radius 3 is 2.72 bits per heavy atom. The van der Waals surface area contributed by atoms with Crippen molar-refractivity contribution in [3.8, 4) is 0 Å². The zero-order valence-corrected chi connectivity index (χ0v) is 16.2. The number of ether oxygens (including phenoxy) is 1. The van der Waals surface area contributed by atoms with Crippen LogP contribution in [0.25, 0.3) is 0 Å². The van der Waals surface area contributed by atoms with E-state index in [1.54, 1.807) is 0 Å². The lowest BCUT2D eigenvalue weighted by molar-refractivity contribution is -0.121. The van der Waals surface area contributed by atoms with Gasteiger partial charge in [-0.25, -0.2) is 15.0 Å². The second-order valence-corrected chi connectivity index (χ2v) is 7.19. The van der Waals surface area contributed by atoms with Crippen molar-refractivity contribution in [2.45, 2.75) is 25.3 Å². The number of anilines is 2. The number of amides is 1. The lowest BCUT2D eigenvalue weighted by Gasteiger charge is -2.27. The van der Waals surface area contributed by atoms with Gasteiger partial charge < -0.3 is 20.3 Å². The molecule has 0 aromatic carbocycles. The van der Waals surface area contributed by atoms with E-state index in [9.17, 15) is 9.59 Å². The molecule has 1 aliphatic heterocycles. The highest BCUT2D eigenvalue weighted by Crippen LogP contribution is 2.38. The van der Waals surface area contributed by atoms with Crippen LogP contribution in [0.15, 0.2) is 29.6 Å². The van der Waals surface area contributed by atoms with Gasteiger partial charge >= 0.3 is 0 Å². The van der Waals surface area contributed by atoms with Crippen molar-refractivity contribution in [3.05, 3.63) is 40.8 Å². The molecule has 0 radical (unpaired) electrons. The third kappa shape index (κ3) is 5.29. The predicted molar refractivity (Wildman–Crippen MR) is 107 cm³/mol. The van der Waals surface area contributed by atoms with Gasteiger partial charge in [0, 0.05) is 44.2 Å². The molecule has 10 nitrogen and oxygen atoms in total. The number of carbonyl (C=O) groups excluding carboxylic acids is 1. The van der Waals surface area contributed by atoms with Crippen molar-refractivity contribution < 1.29 is 9.53 Å². The summed E-state index contributed by atoms with van der Waals surface area (Å²) in [5.41, 5.74) is 0.643. The number of carbonyl (C=O) groups is 1. The summed E-state index contributed by atoms with van der Waals surface area (Å²) in [5.74, 6) is 1.75. The number of nitrogens with one attached hydrogen (secondary N) is 2. The lowest BCUT2D eigenvalue weighted by atomic mass is 10.3. The lowest BCUT2D eigenvalue weighted by Crippen LogP contribution is -2.37. The van der Waals surface area contributed by atoms with Crippen LogP contribution in [0.4, 0.5) is 11.6 Å². The first-order valence-electron chi connectivity index (χ1n) is 9.91. The zero-order chi connectivity index (χ0) is 20.1. The summed E-state index contributed by atoms with van der Waals surface area (Å²) in [6.07, 6.45) is 5.16. The number of aromatic nitrogens is 4. The number of hydrogen-bond acceptors (Lipinski definition) is 8. The van der Waals surface area contributed by atoms with Gasteiger partial charge in [-0.05, 0) is 12.8 Å². The molecular weight excluding hydrogens is 374 g/mol. The molecule has 0 unspecified atom stereocenters. The number of morpholine rings is 1. The maximum atomic E-state index is 12.1. The van der Waals surface area contributed by atoms with Crippen molar-refractivity contribution >= 4 is 17.5 Å². The first-order valence-corrected chi connectivity index (χ1v) is 9.91. The highest BCUT2D eigenvalue weighted by atomic mass is 16.5. The first kappa shape index (κ1) is 19.3. The summed E-state index contributed by atoms with van der Waals surface area (Å²) in [5, 5.41) is 5.97. The Bertz CT molecular complexity index is 907. The van der Waals surface area contributed by atoms with Crippen LogP contribution in [0.2, 0.25) is 0 Å². The van der Waals surface area contributed by atoms with Crippen molar-refractivity contribution in [2.24, 2.45) is 0 Å². The Balaban J connectivity index is 1.21. The van der Waals surface area contributed by atoms with Crippen LogP contribution in [-0.4, -0.2) is 64.8 Å². The number of nitrogens with zero attached hydrogens (tertiary/aromatic N) is 5. The van der Waals surface area contributed by atoms with Gasteiger partial charge in [0.05, 0.1) is 25.2 Å². The minimum absolute atomic E-state index is 0.0362. The van der Waals surface area contributed by atoms with Crippen LogP contribution in [0.3, 0.4) is 0 Å². The maximum Gasteiger partial charge on any atom is 0.254 e. The molecule has 29 heavy (non-hydrogen) atoms. The molecule has 4 rings (SSSR count). The molecule has 2 N–H and O–H groups in total. The normalized spacial score (nSPS) is 16.5. The van der Waals surface area contributed by atoms with E-state index in [1.165, 1.54) is 23.3 Å². The van der Waals surface area contributed by atoms with Gasteiger partial charge in [-0.1, -0.05) is 0 Å². The summed E-state index contributed by atoms with van der Waals surface area (Å²) in [4.78, 5) is 39.1. The van der Waals surface area contributed by atoms with E-state index in [1.807, 2.05) is 6.07 Å². The van der Waals surface area contributed by atoms with Crippen LogP contribution in [0.5, 0.6) is 0 Å². The molecule has 2 aliphatic rings. The average Bonchev–Trinajstić information content (AvgIpc) is 3.59. The van der Waals surface area contributed by atoms with Gasteiger partial charge in [0.1, 0.15) is 24.5 Å². The third-order valence-corrected chi connectivity index (χ3v) is 4.95. The van der Waals surface area contributed by atoms with Crippen LogP contribution in [0.1, 0.15) is 24.5 Å². The monoisotopic (exact) mass is 399 g/mol. The van der Waals surface area contributed by atoms with Crippen molar-refractivity contribution in [1.29, 1.82) is 0 Å². The molecule has 1 saturated heterocycles. The standard InChI is InChI=1S/C19H25N7O3/c27-18(11-26-13-24-15(9-19(26)28)14-1-2-14)21-4-3-20-16-10-17(23-12-22-16)25-5-7-29-8-6-25/h9-10,12-14H,1-8,11H2,(H,21,27)(H,20,22,23). The van der Waals surface area contributed by atoms with Crippen LogP contribution in [-0.2, 0) is 16.1 Å². The van der Waals surface area contributed by atoms with Crippen LogP contribution >= 0.6 is 0 Å². The fraction of sp³-hybridized carbons (Fsp3) is 0.526. The fourth-order valence-electron chi connectivity index (χ4n) is 3.17. The zero-order valence-electron chi connectivity index (χ0n) is 16.2. The van der Waals surface area contributed by atoms with E-state index < -0.39 is 0 Å². The highest BCUT2D eigenvalue weighted by molar-refractivity contribution is 5.75. The Morgan fingerprint density at radius 1 is 1.14 bits per heavy atom. The Morgan fingerprint density at radius 2 is 1.97 bits per heavy atom. The summed E-state index contributed by atoms with van der Waals surface area (Å²) in [6, 6.07) is 3.42. The van der Waals surface area contributed by atoms with E-state index in [2.05, 4.69) is 30.5 Å². The summed E-state index contributed by atoms with van der Waals surface area (Å²) in [7, 11) is 0. The van der Waals surface area contributed by atoms with Gasteiger partial charge in [0.2, 0.25) is 5.91 Å². The molecule has 2 fully saturated rings. The summed E-state index contributed by atoms with van der Waals surface area (Å²) >= 11 is 0. The third-order valence-electron chi connectivity index (χ3n) is 4.95. The second kappa shape index (κ2) is 8.99. The molecule has 3 heterocycles. The quantitative estimate of drug-likeness (QED) is 0.595. The second-order valence-electron chi connectivity index (χ2n) is 7.19. The van der Waals surface area contributed by atoms with Crippen molar-refractivity contribution in [1.82, 2.24) is 24.8 Å². The Labute approximate surface area is 168 Å². The van der Waals surface area contributed by atoms with E-state index in [0.717, 1.165) is 37.4 Å². The molecule has 10 heteroatoms. The minimum Gasteiger partial charge on any atom is -0.378 e. The van der Waals surface area contributed by atoms with Gasteiger partial charge in [0.25, 0.3) is 5.56 Å². The molecule has 0 bridgehead atoms. The molecular formula is C19H25N7O3. The van der Waals surface area contributed by atoms with E-state index >= 15 is 0 Å². The van der Waals surface area contributed by atoms with Crippen molar-refractivity contribution in [3.63, 3.8) is 0 Å². The topological polar surface area (TPSA) is 114 Å². The van der Waals surface area contributed by atoms with E-state index in [4.69, 9.17) is 4.74 Å². The van der Waals surface area contributed by atoms with Crippen LogP contribution in [0, 0.1) is 0 Å². The summed E-state index contributed by atoms with van der Waals surface area (Å²) in [6.45, 7) is 3.90. The molecule has 1 amide bonds. The van der Waals surface area contributed by atoms with Crippen molar-refractivity contribution in [2.75, 3.05) is 49.6 Å². The molecule has 154 valence electrons. The first-order chi connectivity index (χ1) is 14.2. The largest absolute Gasteiger partial charge is 0.378 e. The fourth-order valence-corrected chi connectivity index (χ4v) is 3.17. The van der Waals surface area contributed by atoms with E-state index in [-0.39, 0.29) is 18.0 Å². The summed E-state index contributed by atoms with van der Waals surface area (Å²) < 4.78 is 6.68. The van der Waals surface area contributed by atoms with Gasteiger partial charge in [-0.2, -0.15) is 0 Å². The molecule has 1 aliphatic carbocycles. The SMILES string of the molecule is O=C(Cn1cnc(C2CC2)cc1=O)NCCNc1cc(N2CCOCC2)ncn1. The van der Waals surface area contributed by atoms with E-state index in [0.29, 0.717) is 38.0 Å². The average molecular weight is 399 g/mol. The molecule has 2 aromatic rings. The Kier molecular flexibility index (Phi) is 5.99. The highest BCUT2D eigenvalue weighted by Gasteiger charge is 2.25. The smallest absolute Gasteiger partial charge is 0.254 e. The predicted octanol–water partition coefficient (Wildman–Crippen LogP) is -0.0244. The van der Waals surface area contributed by atoms with Gasteiger partial charge in [0.15, 0.2) is 0 Å². The maximum absolute atomic E-state index is 12.1. The number of hydrogen-bond donors (Lipinski definition) is 2. The number of rotatable bonds is 8. The Hall–Kier alpha value is -3.01. The molecule has 0 atom stereocenters. The van der Waals surface area contributed by atoms with Gasteiger partial charge in [-0.3, -0.25) is 14.2 Å². The molecule has 2 aromatic heterocycles. The molecule has 0 spiro atoms. The molecule has 1 saturated carbocycles. The minimum atomic E-state index is -0.230.